The fourth-order valence-corrected chi connectivity index (χ4v) is 3.79. The van der Waals surface area contributed by atoms with Crippen LogP contribution in [-0.4, -0.2) is 26.3 Å². The summed E-state index contributed by atoms with van der Waals surface area (Å²) in [4.78, 5) is 17.2. The number of thiazole rings is 1. The van der Waals surface area contributed by atoms with Gasteiger partial charge in [-0.3, -0.25) is 0 Å². The number of methoxy groups -OCH3 is 3. The lowest BCUT2D eigenvalue weighted by molar-refractivity contribution is 0.355. The molecule has 6 nitrogen and oxygen atoms in total. The van der Waals surface area contributed by atoms with Gasteiger partial charge < -0.3 is 18.6 Å². The average molecular weight is 395 g/mol. The van der Waals surface area contributed by atoms with Crippen molar-refractivity contribution < 1.29 is 18.6 Å². The zero-order valence-corrected chi connectivity index (χ0v) is 16.3. The molecule has 7 heteroatoms. The van der Waals surface area contributed by atoms with Crippen molar-refractivity contribution in [2.75, 3.05) is 21.3 Å². The monoisotopic (exact) mass is 395 g/mol. The Morgan fingerprint density at radius 3 is 2.46 bits per heavy atom. The van der Waals surface area contributed by atoms with Crippen molar-refractivity contribution in [3.63, 3.8) is 0 Å². The molecule has 0 unspecified atom stereocenters. The maximum atomic E-state index is 12.5. The molecule has 4 aromatic rings. The van der Waals surface area contributed by atoms with Crippen LogP contribution < -0.4 is 19.8 Å². The molecule has 0 saturated heterocycles. The fraction of sp³-hybridized carbons (Fsp3) is 0.143. The van der Waals surface area contributed by atoms with Gasteiger partial charge in [-0.05, 0) is 30.3 Å². The second kappa shape index (κ2) is 7.36. The van der Waals surface area contributed by atoms with Crippen LogP contribution in [-0.2, 0) is 0 Å². The Kier molecular flexibility index (Phi) is 4.75. The predicted octanol–water partition coefficient (Wildman–Crippen LogP) is 4.61. The Bertz CT molecular complexity index is 1210. The van der Waals surface area contributed by atoms with Gasteiger partial charge in [0, 0.05) is 16.3 Å². The maximum Gasteiger partial charge on any atom is 0.346 e. The lowest BCUT2D eigenvalue weighted by Crippen LogP contribution is -2.03. The van der Waals surface area contributed by atoms with Gasteiger partial charge in [0.05, 0.1) is 32.6 Å². The highest BCUT2D eigenvalue weighted by Gasteiger charge is 2.15. The minimum Gasteiger partial charge on any atom is -0.493 e. The first kappa shape index (κ1) is 18.1. The summed E-state index contributed by atoms with van der Waals surface area (Å²) in [5.74, 6) is 1.78. The first-order valence-corrected chi connectivity index (χ1v) is 9.31. The van der Waals surface area contributed by atoms with Gasteiger partial charge in [0.25, 0.3) is 0 Å². The van der Waals surface area contributed by atoms with Crippen LogP contribution in [0, 0.1) is 0 Å². The van der Waals surface area contributed by atoms with Gasteiger partial charge in [-0.1, -0.05) is 12.1 Å². The van der Waals surface area contributed by atoms with E-state index in [1.165, 1.54) is 11.3 Å². The largest absolute Gasteiger partial charge is 0.493 e. The third-order valence-electron chi connectivity index (χ3n) is 4.36. The molecule has 0 radical (unpaired) electrons. The SMILES string of the molecule is COc1ccc(-c2csc(-c3cc4cccc(OC)c4oc3=O)n2)cc1OC. The van der Waals surface area contributed by atoms with Crippen LogP contribution in [0.4, 0.5) is 0 Å². The maximum absolute atomic E-state index is 12.5. The van der Waals surface area contributed by atoms with Crippen LogP contribution in [0.25, 0.3) is 32.8 Å². The minimum absolute atomic E-state index is 0.414. The van der Waals surface area contributed by atoms with E-state index in [0.717, 1.165) is 16.6 Å². The summed E-state index contributed by atoms with van der Waals surface area (Å²) in [6, 6.07) is 12.8. The summed E-state index contributed by atoms with van der Waals surface area (Å²) >= 11 is 1.38. The quantitative estimate of drug-likeness (QED) is 0.460. The molecule has 2 heterocycles. The van der Waals surface area contributed by atoms with Gasteiger partial charge in [0.2, 0.25) is 0 Å². The van der Waals surface area contributed by atoms with Crippen LogP contribution in [0.2, 0.25) is 0 Å². The van der Waals surface area contributed by atoms with Gasteiger partial charge in [-0.25, -0.2) is 9.78 Å². The van der Waals surface area contributed by atoms with E-state index in [2.05, 4.69) is 4.98 Å². The van der Waals surface area contributed by atoms with Crippen molar-refractivity contribution in [3.8, 4) is 39.1 Å². The van der Waals surface area contributed by atoms with Crippen molar-refractivity contribution in [1.82, 2.24) is 4.98 Å². The van der Waals surface area contributed by atoms with Crippen molar-refractivity contribution in [3.05, 3.63) is 58.3 Å². The molecule has 0 amide bonds. The lowest BCUT2D eigenvalue weighted by atomic mass is 10.1. The van der Waals surface area contributed by atoms with Crippen molar-refractivity contribution in [2.24, 2.45) is 0 Å². The summed E-state index contributed by atoms with van der Waals surface area (Å²) in [7, 11) is 4.72. The number of hydrogen-bond acceptors (Lipinski definition) is 7. The molecule has 0 atom stereocenters. The van der Waals surface area contributed by atoms with E-state index in [0.29, 0.717) is 33.4 Å². The first-order valence-electron chi connectivity index (χ1n) is 8.43. The first-order chi connectivity index (χ1) is 13.6. The molecule has 0 saturated carbocycles. The number of para-hydroxylation sites is 1. The summed E-state index contributed by atoms with van der Waals surface area (Å²) in [6.07, 6.45) is 0. The van der Waals surface area contributed by atoms with Crippen LogP contribution in [0.3, 0.4) is 0 Å². The predicted molar refractivity (Wildman–Crippen MR) is 109 cm³/mol. The Morgan fingerprint density at radius 1 is 0.929 bits per heavy atom. The van der Waals surface area contributed by atoms with E-state index in [1.54, 1.807) is 33.5 Å². The molecule has 0 aliphatic heterocycles. The minimum atomic E-state index is -0.454. The molecule has 0 spiro atoms. The highest BCUT2D eigenvalue weighted by Crippen LogP contribution is 2.35. The van der Waals surface area contributed by atoms with Crippen molar-refractivity contribution >= 4 is 22.3 Å². The third kappa shape index (κ3) is 3.10. The summed E-state index contributed by atoms with van der Waals surface area (Å²) in [5.41, 5.74) is 2.00. The van der Waals surface area contributed by atoms with Gasteiger partial charge in [-0.15, -0.1) is 11.3 Å². The Morgan fingerprint density at radius 2 is 1.71 bits per heavy atom. The molecule has 0 aliphatic rings. The van der Waals surface area contributed by atoms with Crippen LogP contribution in [0.1, 0.15) is 0 Å². The molecule has 142 valence electrons. The molecular formula is C21H17NO5S. The summed E-state index contributed by atoms with van der Waals surface area (Å²) in [5, 5.41) is 3.26. The Balaban J connectivity index is 1.78. The van der Waals surface area contributed by atoms with E-state index in [4.69, 9.17) is 18.6 Å². The number of rotatable bonds is 5. The summed E-state index contributed by atoms with van der Waals surface area (Å²) < 4.78 is 21.4. The van der Waals surface area contributed by atoms with E-state index in [1.807, 2.05) is 35.7 Å². The molecule has 2 aromatic heterocycles. The zero-order valence-electron chi connectivity index (χ0n) is 15.5. The van der Waals surface area contributed by atoms with Gasteiger partial charge in [-0.2, -0.15) is 0 Å². The molecule has 0 N–H and O–H groups in total. The second-order valence-electron chi connectivity index (χ2n) is 5.93. The smallest absolute Gasteiger partial charge is 0.346 e. The van der Waals surface area contributed by atoms with E-state index >= 15 is 0 Å². The van der Waals surface area contributed by atoms with Gasteiger partial charge in [0.15, 0.2) is 22.8 Å². The number of aromatic nitrogens is 1. The second-order valence-corrected chi connectivity index (χ2v) is 6.79. The normalized spacial score (nSPS) is 10.8. The van der Waals surface area contributed by atoms with Crippen molar-refractivity contribution in [1.29, 1.82) is 0 Å². The standard InChI is InChI=1S/C21H17NO5S/c1-24-16-8-7-12(10-18(16)26-3)15-11-28-20(22-15)14-9-13-5-4-6-17(25-2)19(13)27-21(14)23/h4-11H,1-3H3. The van der Waals surface area contributed by atoms with Gasteiger partial charge >= 0.3 is 5.63 Å². The van der Waals surface area contributed by atoms with Crippen LogP contribution >= 0.6 is 11.3 Å². The van der Waals surface area contributed by atoms with Crippen LogP contribution in [0.5, 0.6) is 17.2 Å². The van der Waals surface area contributed by atoms with Gasteiger partial charge in [0.1, 0.15) is 5.01 Å². The molecular weight excluding hydrogens is 378 g/mol. The highest BCUT2D eigenvalue weighted by atomic mass is 32.1. The lowest BCUT2D eigenvalue weighted by Gasteiger charge is -2.08. The van der Waals surface area contributed by atoms with E-state index < -0.39 is 5.63 Å². The molecule has 28 heavy (non-hydrogen) atoms. The Hall–Kier alpha value is -3.32. The highest BCUT2D eigenvalue weighted by molar-refractivity contribution is 7.13. The molecule has 4 rings (SSSR count). The molecule has 0 aliphatic carbocycles. The summed E-state index contributed by atoms with van der Waals surface area (Å²) in [6.45, 7) is 0. The number of ether oxygens (including phenoxy) is 3. The molecule has 0 fully saturated rings. The zero-order chi connectivity index (χ0) is 19.7. The topological polar surface area (TPSA) is 70.8 Å². The number of hydrogen-bond donors (Lipinski definition) is 0. The average Bonchev–Trinajstić information content (AvgIpc) is 3.22. The number of fused-ring (bicyclic) bond motifs is 1. The Labute approximate surface area is 164 Å². The molecule has 2 aromatic carbocycles. The van der Waals surface area contributed by atoms with E-state index in [9.17, 15) is 4.79 Å². The van der Waals surface area contributed by atoms with E-state index in [-0.39, 0.29) is 0 Å². The molecule has 0 bridgehead atoms. The fourth-order valence-electron chi connectivity index (χ4n) is 2.95. The number of benzene rings is 2. The third-order valence-corrected chi connectivity index (χ3v) is 5.23. The van der Waals surface area contributed by atoms with Crippen LogP contribution in [0.15, 0.2) is 57.1 Å². The van der Waals surface area contributed by atoms with Crippen molar-refractivity contribution in [2.45, 2.75) is 0 Å². The number of nitrogens with zero attached hydrogens (tertiary/aromatic N) is 1.